The van der Waals surface area contributed by atoms with E-state index in [1.807, 2.05) is 24.3 Å². The summed E-state index contributed by atoms with van der Waals surface area (Å²) in [7, 11) is 1.61. The molecule has 15 heavy (non-hydrogen) atoms. The maximum absolute atomic E-state index is 10.8. The number of ether oxygens (including phenoxy) is 1. The summed E-state index contributed by atoms with van der Waals surface area (Å²) in [6.45, 7) is 0. The highest BCUT2D eigenvalue weighted by molar-refractivity contribution is 5.60. The molecule has 0 spiro atoms. The minimum Gasteiger partial charge on any atom is -0.497 e. The molecule has 0 unspecified atom stereocenters. The van der Waals surface area contributed by atoms with E-state index in [-0.39, 0.29) is 5.56 Å². The SMILES string of the molecule is COc1cccc(-c2ccc(=O)[nH]n2)c1. The van der Waals surface area contributed by atoms with Crippen LogP contribution >= 0.6 is 0 Å². The highest BCUT2D eigenvalue weighted by atomic mass is 16.5. The van der Waals surface area contributed by atoms with E-state index < -0.39 is 0 Å². The molecule has 4 nitrogen and oxygen atoms in total. The van der Waals surface area contributed by atoms with E-state index in [4.69, 9.17) is 4.74 Å². The second-order valence-corrected chi connectivity index (χ2v) is 3.04. The van der Waals surface area contributed by atoms with Crippen LogP contribution in [0.15, 0.2) is 41.2 Å². The quantitative estimate of drug-likeness (QED) is 0.801. The molecule has 0 aliphatic carbocycles. The molecule has 4 heteroatoms. The first kappa shape index (κ1) is 9.45. The summed E-state index contributed by atoms with van der Waals surface area (Å²) in [4.78, 5) is 10.8. The third-order valence-electron chi connectivity index (χ3n) is 2.04. The first-order valence-electron chi connectivity index (χ1n) is 4.50. The van der Waals surface area contributed by atoms with Crippen molar-refractivity contribution in [1.29, 1.82) is 0 Å². The van der Waals surface area contributed by atoms with E-state index in [2.05, 4.69) is 10.2 Å². The molecule has 0 bridgehead atoms. The number of hydrogen-bond donors (Lipinski definition) is 1. The van der Waals surface area contributed by atoms with Gasteiger partial charge in [0.15, 0.2) is 0 Å². The van der Waals surface area contributed by atoms with Crippen LogP contribution in [0.3, 0.4) is 0 Å². The lowest BCUT2D eigenvalue weighted by Gasteiger charge is -2.02. The lowest BCUT2D eigenvalue weighted by Crippen LogP contribution is -2.05. The van der Waals surface area contributed by atoms with Gasteiger partial charge in [0, 0.05) is 11.6 Å². The third kappa shape index (κ3) is 2.04. The molecule has 0 fully saturated rings. The number of nitrogens with zero attached hydrogens (tertiary/aromatic N) is 1. The molecule has 0 amide bonds. The highest BCUT2D eigenvalue weighted by Gasteiger charge is 2.00. The van der Waals surface area contributed by atoms with E-state index >= 15 is 0 Å². The summed E-state index contributed by atoms with van der Waals surface area (Å²) in [6, 6.07) is 10.6. The van der Waals surface area contributed by atoms with E-state index in [1.165, 1.54) is 6.07 Å². The van der Waals surface area contributed by atoms with Gasteiger partial charge in [0.2, 0.25) is 0 Å². The Morgan fingerprint density at radius 1 is 1.27 bits per heavy atom. The van der Waals surface area contributed by atoms with Crippen molar-refractivity contribution in [3.63, 3.8) is 0 Å². The van der Waals surface area contributed by atoms with Crippen LogP contribution in [0.2, 0.25) is 0 Å². The molecule has 1 aromatic heterocycles. The van der Waals surface area contributed by atoms with Crippen molar-refractivity contribution in [3.8, 4) is 17.0 Å². The van der Waals surface area contributed by atoms with E-state index in [0.717, 1.165) is 11.3 Å². The normalized spacial score (nSPS) is 9.93. The fourth-order valence-corrected chi connectivity index (χ4v) is 1.29. The van der Waals surface area contributed by atoms with Crippen molar-refractivity contribution in [1.82, 2.24) is 10.2 Å². The summed E-state index contributed by atoms with van der Waals surface area (Å²) < 4.78 is 5.10. The Balaban J connectivity index is 2.44. The van der Waals surface area contributed by atoms with Gasteiger partial charge in [-0.05, 0) is 18.2 Å². The molecule has 1 aromatic carbocycles. The maximum atomic E-state index is 10.8. The van der Waals surface area contributed by atoms with Gasteiger partial charge in [-0.2, -0.15) is 5.10 Å². The maximum Gasteiger partial charge on any atom is 0.264 e. The Bertz CT molecular complexity index is 499. The Morgan fingerprint density at radius 3 is 2.80 bits per heavy atom. The van der Waals surface area contributed by atoms with Crippen molar-refractivity contribution in [2.24, 2.45) is 0 Å². The minimum atomic E-state index is -0.207. The molecule has 0 aliphatic heterocycles. The number of aromatic nitrogens is 2. The molecule has 2 rings (SSSR count). The van der Waals surface area contributed by atoms with Crippen LogP contribution in [-0.2, 0) is 0 Å². The van der Waals surface area contributed by atoms with Crippen LogP contribution in [0.1, 0.15) is 0 Å². The van der Waals surface area contributed by atoms with Gasteiger partial charge in [0.05, 0.1) is 12.8 Å². The van der Waals surface area contributed by atoms with Gasteiger partial charge >= 0.3 is 0 Å². The van der Waals surface area contributed by atoms with Gasteiger partial charge in [0.1, 0.15) is 5.75 Å². The van der Waals surface area contributed by atoms with Crippen LogP contribution in [0.4, 0.5) is 0 Å². The second kappa shape index (κ2) is 3.96. The predicted molar refractivity (Wildman–Crippen MR) is 56.8 cm³/mol. The van der Waals surface area contributed by atoms with E-state index in [9.17, 15) is 4.79 Å². The molecule has 2 aromatic rings. The lowest BCUT2D eigenvalue weighted by molar-refractivity contribution is 0.415. The topological polar surface area (TPSA) is 55.0 Å². The number of H-pyrrole nitrogens is 1. The van der Waals surface area contributed by atoms with E-state index in [0.29, 0.717) is 5.69 Å². The van der Waals surface area contributed by atoms with E-state index in [1.54, 1.807) is 13.2 Å². The Labute approximate surface area is 86.5 Å². The van der Waals surface area contributed by atoms with Gasteiger partial charge in [0.25, 0.3) is 5.56 Å². The first-order chi connectivity index (χ1) is 7.29. The molecule has 0 saturated heterocycles. The number of rotatable bonds is 2. The molecule has 0 saturated carbocycles. The summed E-state index contributed by atoms with van der Waals surface area (Å²) in [5, 5.41) is 6.32. The van der Waals surface area contributed by atoms with Crippen LogP contribution in [0.25, 0.3) is 11.3 Å². The Hall–Kier alpha value is -2.10. The average molecular weight is 202 g/mol. The van der Waals surface area contributed by atoms with Crippen molar-refractivity contribution >= 4 is 0 Å². The fourth-order valence-electron chi connectivity index (χ4n) is 1.29. The zero-order valence-corrected chi connectivity index (χ0v) is 8.23. The van der Waals surface area contributed by atoms with Crippen LogP contribution < -0.4 is 10.3 Å². The molecule has 1 N–H and O–H groups in total. The molecule has 0 radical (unpaired) electrons. The van der Waals surface area contributed by atoms with Gasteiger partial charge in [-0.25, -0.2) is 5.10 Å². The number of aromatic amines is 1. The zero-order chi connectivity index (χ0) is 10.7. The molecule has 0 aliphatic rings. The highest BCUT2D eigenvalue weighted by Crippen LogP contribution is 2.20. The predicted octanol–water partition coefficient (Wildman–Crippen LogP) is 1.45. The molecular weight excluding hydrogens is 192 g/mol. The number of hydrogen-bond acceptors (Lipinski definition) is 3. The summed E-state index contributed by atoms with van der Waals surface area (Å²) in [5.41, 5.74) is 1.42. The number of nitrogens with one attached hydrogen (secondary N) is 1. The number of benzene rings is 1. The standard InChI is InChI=1S/C11H10N2O2/c1-15-9-4-2-3-8(7-9)10-5-6-11(14)13-12-10/h2-7H,1H3,(H,13,14). The second-order valence-electron chi connectivity index (χ2n) is 3.04. The zero-order valence-electron chi connectivity index (χ0n) is 8.23. The molecule has 76 valence electrons. The molecular formula is C11H10N2O2. The first-order valence-corrected chi connectivity index (χ1v) is 4.50. The Morgan fingerprint density at radius 2 is 2.13 bits per heavy atom. The monoisotopic (exact) mass is 202 g/mol. The smallest absolute Gasteiger partial charge is 0.264 e. The fraction of sp³-hybridized carbons (Fsp3) is 0.0909. The summed E-state index contributed by atoms with van der Waals surface area (Å²) in [5.74, 6) is 0.764. The van der Waals surface area contributed by atoms with Crippen molar-refractivity contribution in [2.75, 3.05) is 7.11 Å². The van der Waals surface area contributed by atoms with Gasteiger partial charge < -0.3 is 4.74 Å². The van der Waals surface area contributed by atoms with Crippen LogP contribution in [0.5, 0.6) is 5.75 Å². The summed E-state index contributed by atoms with van der Waals surface area (Å²) >= 11 is 0. The van der Waals surface area contributed by atoms with Crippen molar-refractivity contribution in [3.05, 3.63) is 46.8 Å². The van der Waals surface area contributed by atoms with Crippen molar-refractivity contribution in [2.45, 2.75) is 0 Å². The van der Waals surface area contributed by atoms with Gasteiger partial charge in [-0.15, -0.1) is 0 Å². The van der Waals surface area contributed by atoms with Crippen LogP contribution in [0, 0.1) is 0 Å². The molecule has 0 atom stereocenters. The summed E-state index contributed by atoms with van der Waals surface area (Å²) in [6.07, 6.45) is 0. The molecule has 1 heterocycles. The van der Waals surface area contributed by atoms with Gasteiger partial charge in [-0.3, -0.25) is 4.79 Å². The largest absolute Gasteiger partial charge is 0.497 e. The number of methoxy groups -OCH3 is 1. The van der Waals surface area contributed by atoms with Gasteiger partial charge in [-0.1, -0.05) is 12.1 Å². The average Bonchev–Trinajstić information content (AvgIpc) is 2.30. The van der Waals surface area contributed by atoms with Crippen LogP contribution in [-0.4, -0.2) is 17.3 Å². The minimum absolute atomic E-state index is 0.207. The van der Waals surface area contributed by atoms with Crippen molar-refractivity contribution < 1.29 is 4.74 Å². The Kier molecular flexibility index (Phi) is 2.49. The lowest BCUT2D eigenvalue weighted by atomic mass is 10.1. The third-order valence-corrected chi connectivity index (χ3v) is 2.04.